The first kappa shape index (κ1) is 13.5. The Kier molecular flexibility index (Phi) is 3.95. The van der Waals surface area contributed by atoms with Crippen molar-refractivity contribution in [2.75, 3.05) is 40.1 Å². The highest BCUT2D eigenvalue weighted by Crippen LogP contribution is 2.38. The van der Waals surface area contributed by atoms with Crippen LogP contribution in [0.15, 0.2) is 12.1 Å². The number of hydrogen-bond donors (Lipinski definition) is 1. The molecule has 1 saturated heterocycles. The third-order valence-electron chi connectivity index (χ3n) is 3.49. The molecule has 1 unspecified atom stereocenters. The van der Waals surface area contributed by atoms with Gasteiger partial charge in [-0.15, -0.1) is 0 Å². The fourth-order valence-electron chi connectivity index (χ4n) is 2.37. The molecule has 0 aromatic heterocycles. The van der Waals surface area contributed by atoms with Crippen molar-refractivity contribution < 1.29 is 24.1 Å². The van der Waals surface area contributed by atoms with E-state index < -0.39 is 0 Å². The van der Waals surface area contributed by atoms with Gasteiger partial charge in [-0.25, -0.2) is 0 Å². The van der Waals surface area contributed by atoms with Gasteiger partial charge < -0.3 is 29.0 Å². The van der Waals surface area contributed by atoms with Gasteiger partial charge in [0, 0.05) is 24.7 Å². The van der Waals surface area contributed by atoms with Gasteiger partial charge in [-0.1, -0.05) is 0 Å². The van der Waals surface area contributed by atoms with Crippen molar-refractivity contribution in [1.82, 2.24) is 4.90 Å². The smallest absolute Gasteiger partial charge is 0.231 e. The van der Waals surface area contributed by atoms with Gasteiger partial charge in [0.05, 0.1) is 13.2 Å². The highest BCUT2D eigenvalue weighted by molar-refractivity contribution is 5.51. The summed E-state index contributed by atoms with van der Waals surface area (Å²) in [7, 11) is 2.06. The minimum absolute atomic E-state index is 0.0470. The molecule has 0 spiro atoms. The molecule has 2 heterocycles. The van der Waals surface area contributed by atoms with E-state index in [1.54, 1.807) is 12.1 Å². The largest absolute Gasteiger partial charge is 0.490 e. The highest BCUT2D eigenvalue weighted by atomic mass is 16.7. The Hall–Kier alpha value is -1.50. The number of morpholine rings is 1. The van der Waals surface area contributed by atoms with Crippen LogP contribution >= 0.6 is 0 Å². The van der Waals surface area contributed by atoms with Crippen LogP contribution in [0.3, 0.4) is 0 Å². The van der Waals surface area contributed by atoms with Crippen LogP contribution in [0.25, 0.3) is 0 Å². The molecule has 2 aliphatic heterocycles. The van der Waals surface area contributed by atoms with Crippen LogP contribution in [0.2, 0.25) is 0 Å². The quantitative estimate of drug-likeness (QED) is 0.873. The lowest BCUT2D eigenvalue weighted by atomic mass is 10.2. The molecule has 0 amide bonds. The average Bonchev–Trinajstić information content (AvgIpc) is 2.91. The lowest BCUT2D eigenvalue weighted by Gasteiger charge is -2.30. The van der Waals surface area contributed by atoms with Crippen molar-refractivity contribution in [3.8, 4) is 17.2 Å². The van der Waals surface area contributed by atoms with E-state index in [-0.39, 0.29) is 19.5 Å². The molecule has 1 aromatic carbocycles. The Morgan fingerprint density at radius 3 is 2.90 bits per heavy atom. The Morgan fingerprint density at radius 2 is 2.15 bits per heavy atom. The van der Waals surface area contributed by atoms with Gasteiger partial charge in [-0.05, 0) is 13.1 Å². The van der Waals surface area contributed by atoms with E-state index in [0.29, 0.717) is 29.4 Å². The lowest BCUT2D eigenvalue weighted by Crippen LogP contribution is -2.42. The monoisotopic (exact) mass is 281 g/mol. The molecular weight excluding hydrogens is 262 g/mol. The number of ether oxygens (including phenoxy) is 4. The number of aliphatic hydroxyl groups excluding tert-OH is 1. The molecule has 0 bridgehead atoms. The standard InChI is InChI=1S/C14H19NO5/c1-15-2-3-17-11(6-15)8-18-12-5-14-13(19-9-20-14)4-10(12)7-16/h4-5,11,16H,2-3,6-9H2,1H3. The summed E-state index contributed by atoms with van der Waals surface area (Å²) in [5.74, 6) is 1.92. The van der Waals surface area contributed by atoms with Crippen LogP contribution in [0.4, 0.5) is 0 Å². The van der Waals surface area contributed by atoms with E-state index in [4.69, 9.17) is 18.9 Å². The number of fused-ring (bicyclic) bond motifs is 1. The summed E-state index contributed by atoms with van der Waals surface area (Å²) in [4.78, 5) is 2.21. The number of nitrogens with zero attached hydrogens (tertiary/aromatic N) is 1. The molecule has 2 aliphatic rings. The Balaban J connectivity index is 1.67. The van der Waals surface area contributed by atoms with Crippen LogP contribution in [-0.2, 0) is 11.3 Å². The van der Waals surface area contributed by atoms with Gasteiger partial charge in [-0.3, -0.25) is 0 Å². The second-order valence-corrected chi connectivity index (χ2v) is 5.04. The topological polar surface area (TPSA) is 60.4 Å². The normalized spacial score (nSPS) is 22.0. The minimum atomic E-state index is -0.0998. The molecule has 6 heteroatoms. The maximum absolute atomic E-state index is 9.41. The molecule has 0 radical (unpaired) electrons. The van der Waals surface area contributed by atoms with Crippen LogP contribution in [0.5, 0.6) is 17.2 Å². The van der Waals surface area contributed by atoms with Crippen LogP contribution in [0, 0.1) is 0 Å². The van der Waals surface area contributed by atoms with Crippen molar-refractivity contribution in [3.05, 3.63) is 17.7 Å². The summed E-state index contributed by atoms with van der Waals surface area (Å²) >= 11 is 0. The summed E-state index contributed by atoms with van der Waals surface area (Å²) in [5, 5.41) is 9.41. The van der Waals surface area contributed by atoms with Gasteiger partial charge in [0.2, 0.25) is 6.79 Å². The number of aliphatic hydroxyl groups is 1. The second kappa shape index (κ2) is 5.87. The van der Waals surface area contributed by atoms with E-state index in [1.165, 1.54) is 0 Å². The first-order chi connectivity index (χ1) is 9.76. The summed E-state index contributed by atoms with van der Waals surface area (Å²) in [6.07, 6.45) is 0.0470. The number of likely N-dealkylation sites (N-methyl/N-ethyl adjacent to an activating group) is 1. The van der Waals surface area contributed by atoms with Crippen molar-refractivity contribution >= 4 is 0 Å². The zero-order valence-electron chi connectivity index (χ0n) is 11.5. The zero-order chi connectivity index (χ0) is 13.9. The minimum Gasteiger partial charge on any atom is -0.490 e. The van der Waals surface area contributed by atoms with Crippen LogP contribution < -0.4 is 14.2 Å². The molecule has 1 fully saturated rings. The average molecular weight is 281 g/mol. The first-order valence-electron chi connectivity index (χ1n) is 6.72. The van der Waals surface area contributed by atoms with Crippen molar-refractivity contribution in [2.24, 2.45) is 0 Å². The number of hydrogen-bond acceptors (Lipinski definition) is 6. The maximum Gasteiger partial charge on any atom is 0.231 e. The van der Waals surface area contributed by atoms with Gasteiger partial charge in [0.15, 0.2) is 11.5 Å². The van der Waals surface area contributed by atoms with Gasteiger partial charge in [0.1, 0.15) is 18.5 Å². The predicted molar refractivity (Wildman–Crippen MR) is 71.2 cm³/mol. The SMILES string of the molecule is CN1CCOC(COc2cc3c(cc2CO)OCO3)C1. The third kappa shape index (κ3) is 2.82. The molecule has 1 atom stereocenters. The molecule has 20 heavy (non-hydrogen) atoms. The zero-order valence-corrected chi connectivity index (χ0v) is 11.5. The van der Waals surface area contributed by atoms with E-state index in [0.717, 1.165) is 19.7 Å². The maximum atomic E-state index is 9.41. The van der Waals surface area contributed by atoms with Crippen molar-refractivity contribution in [1.29, 1.82) is 0 Å². The van der Waals surface area contributed by atoms with E-state index in [2.05, 4.69) is 11.9 Å². The van der Waals surface area contributed by atoms with Crippen LogP contribution in [0.1, 0.15) is 5.56 Å². The summed E-state index contributed by atoms with van der Waals surface area (Å²) in [5.41, 5.74) is 0.693. The van der Waals surface area contributed by atoms with Gasteiger partial charge in [-0.2, -0.15) is 0 Å². The fraction of sp³-hybridized carbons (Fsp3) is 0.571. The molecular formula is C14H19NO5. The van der Waals surface area contributed by atoms with E-state index in [1.807, 2.05) is 0 Å². The van der Waals surface area contributed by atoms with Crippen molar-refractivity contribution in [2.45, 2.75) is 12.7 Å². The fourth-order valence-corrected chi connectivity index (χ4v) is 2.37. The second-order valence-electron chi connectivity index (χ2n) is 5.04. The molecule has 110 valence electrons. The third-order valence-corrected chi connectivity index (χ3v) is 3.49. The highest BCUT2D eigenvalue weighted by Gasteiger charge is 2.21. The van der Waals surface area contributed by atoms with Crippen molar-refractivity contribution in [3.63, 3.8) is 0 Å². The molecule has 0 saturated carbocycles. The predicted octanol–water partition coefficient (Wildman–Crippen LogP) is 0.617. The summed E-state index contributed by atoms with van der Waals surface area (Å²) < 4.78 is 22.1. The molecule has 0 aliphatic carbocycles. The van der Waals surface area contributed by atoms with E-state index in [9.17, 15) is 5.11 Å². The Morgan fingerprint density at radius 1 is 1.35 bits per heavy atom. The molecule has 1 aromatic rings. The van der Waals surface area contributed by atoms with Gasteiger partial charge in [0.25, 0.3) is 0 Å². The van der Waals surface area contributed by atoms with E-state index >= 15 is 0 Å². The summed E-state index contributed by atoms with van der Waals surface area (Å²) in [6, 6.07) is 3.52. The van der Waals surface area contributed by atoms with Crippen LogP contribution in [-0.4, -0.2) is 56.3 Å². The summed E-state index contributed by atoms with van der Waals surface area (Å²) in [6.45, 7) is 3.08. The Labute approximate surface area is 117 Å². The lowest BCUT2D eigenvalue weighted by molar-refractivity contribution is -0.0406. The molecule has 6 nitrogen and oxygen atoms in total. The Bertz CT molecular complexity index is 479. The van der Waals surface area contributed by atoms with Gasteiger partial charge >= 0.3 is 0 Å². The number of benzene rings is 1. The molecule has 3 rings (SSSR count). The molecule has 1 N–H and O–H groups in total. The number of rotatable bonds is 4. The first-order valence-corrected chi connectivity index (χ1v) is 6.72.